The number of non-ortho nitro benzene ring substituents is 1. The lowest BCUT2D eigenvalue weighted by Crippen LogP contribution is -1.91. The molecule has 0 bridgehead atoms. The molecule has 0 aliphatic heterocycles. The molecule has 2 rings (SSSR count). The third kappa shape index (κ3) is 4.44. The zero-order valence-electron chi connectivity index (χ0n) is 10.7. The zero-order chi connectivity index (χ0) is 15.2. The first kappa shape index (κ1) is 15.3. The van der Waals surface area contributed by atoms with Gasteiger partial charge in [-0.3, -0.25) is 10.1 Å². The quantitative estimate of drug-likeness (QED) is 0.463. The number of nitro groups is 1. The lowest BCUT2D eigenvalue weighted by Gasteiger charge is -2.03. The molecule has 0 heterocycles. The van der Waals surface area contributed by atoms with Gasteiger partial charge in [-0.15, -0.1) is 0 Å². The minimum atomic E-state index is -0.467. The highest BCUT2D eigenvalue weighted by Crippen LogP contribution is 2.21. The summed E-state index contributed by atoms with van der Waals surface area (Å²) in [5.41, 5.74) is 1.32. The molecule has 0 saturated heterocycles. The van der Waals surface area contributed by atoms with Gasteiger partial charge in [0.25, 0.3) is 5.69 Å². The Morgan fingerprint density at radius 2 is 2.05 bits per heavy atom. The average Bonchev–Trinajstić information content (AvgIpc) is 2.45. The second-order valence-electron chi connectivity index (χ2n) is 4.10. The summed E-state index contributed by atoms with van der Waals surface area (Å²) in [7, 11) is 0. The molecule has 0 radical (unpaired) electrons. The molecule has 0 aliphatic carbocycles. The number of halogens is 2. The Labute approximate surface area is 130 Å². The standard InChI is InChI=1S/C14H10Cl2N2O3/c15-12-5-4-11(14(16)7-12)9-21-17-8-10-2-1-3-13(6-10)18(19)20/h1-8H,9H2/b17-8+. The van der Waals surface area contributed by atoms with Gasteiger partial charge in [-0.25, -0.2) is 0 Å². The van der Waals surface area contributed by atoms with Crippen LogP contribution < -0.4 is 0 Å². The normalized spacial score (nSPS) is 10.8. The van der Waals surface area contributed by atoms with Crippen LogP contribution in [-0.2, 0) is 11.4 Å². The molecule has 0 saturated carbocycles. The van der Waals surface area contributed by atoms with E-state index in [-0.39, 0.29) is 12.3 Å². The minimum Gasteiger partial charge on any atom is -0.391 e. The van der Waals surface area contributed by atoms with Gasteiger partial charge in [-0.1, -0.05) is 46.6 Å². The Kier molecular flexibility index (Phi) is 5.14. The van der Waals surface area contributed by atoms with Gasteiger partial charge >= 0.3 is 0 Å². The first-order chi connectivity index (χ1) is 10.1. The molecule has 0 unspecified atom stereocenters. The SMILES string of the molecule is O=[N+]([O-])c1cccc(/C=N/OCc2ccc(Cl)cc2Cl)c1. The van der Waals surface area contributed by atoms with Crippen molar-refractivity contribution in [2.24, 2.45) is 5.16 Å². The highest BCUT2D eigenvalue weighted by molar-refractivity contribution is 6.35. The fourth-order valence-electron chi connectivity index (χ4n) is 1.56. The van der Waals surface area contributed by atoms with E-state index < -0.39 is 4.92 Å². The molecule has 0 fully saturated rings. The number of benzene rings is 2. The summed E-state index contributed by atoms with van der Waals surface area (Å²) in [5.74, 6) is 0. The van der Waals surface area contributed by atoms with Crippen molar-refractivity contribution in [2.45, 2.75) is 6.61 Å². The van der Waals surface area contributed by atoms with Gasteiger partial charge in [0.2, 0.25) is 0 Å². The molecule has 108 valence electrons. The van der Waals surface area contributed by atoms with Crippen molar-refractivity contribution < 1.29 is 9.76 Å². The fourth-order valence-corrected chi connectivity index (χ4v) is 2.03. The van der Waals surface area contributed by atoms with E-state index in [2.05, 4.69) is 5.16 Å². The Balaban J connectivity index is 1.96. The van der Waals surface area contributed by atoms with E-state index in [1.165, 1.54) is 18.3 Å². The van der Waals surface area contributed by atoms with Crippen LogP contribution in [0.25, 0.3) is 0 Å². The van der Waals surface area contributed by atoms with Crippen LogP contribution in [0, 0.1) is 10.1 Å². The summed E-state index contributed by atoms with van der Waals surface area (Å²) in [6, 6.07) is 11.1. The van der Waals surface area contributed by atoms with E-state index in [1.807, 2.05) is 0 Å². The topological polar surface area (TPSA) is 64.7 Å². The highest BCUT2D eigenvalue weighted by Gasteiger charge is 2.04. The molecule has 7 heteroatoms. The van der Waals surface area contributed by atoms with Crippen molar-refractivity contribution in [1.82, 2.24) is 0 Å². The van der Waals surface area contributed by atoms with Crippen molar-refractivity contribution in [2.75, 3.05) is 0 Å². The first-order valence-electron chi connectivity index (χ1n) is 5.90. The van der Waals surface area contributed by atoms with Crippen molar-refractivity contribution in [3.8, 4) is 0 Å². The molecular formula is C14H10Cl2N2O3. The molecular weight excluding hydrogens is 315 g/mol. The Hall–Kier alpha value is -2.11. The number of rotatable bonds is 5. The van der Waals surface area contributed by atoms with E-state index in [4.69, 9.17) is 28.0 Å². The molecule has 2 aromatic rings. The maximum Gasteiger partial charge on any atom is 0.270 e. The molecule has 0 aliphatic rings. The maximum absolute atomic E-state index is 10.6. The van der Waals surface area contributed by atoms with Crippen LogP contribution in [0.2, 0.25) is 10.0 Å². The third-order valence-corrected chi connectivity index (χ3v) is 3.18. The lowest BCUT2D eigenvalue weighted by atomic mass is 10.2. The predicted molar refractivity (Wildman–Crippen MR) is 81.9 cm³/mol. The molecule has 2 aromatic carbocycles. The summed E-state index contributed by atoms with van der Waals surface area (Å²) in [5, 5.41) is 15.4. The van der Waals surface area contributed by atoms with E-state index in [9.17, 15) is 10.1 Å². The Bertz CT molecular complexity index is 690. The molecule has 5 nitrogen and oxygen atoms in total. The lowest BCUT2D eigenvalue weighted by molar-refractivity contribution is -0.384. The summed E-state index contributed by atoms with van der Waals surface area (Å²) in [6.45, 7) is 0.182. The van der Waals surface area contributed by atoms with Gasteiger partial charge in [0.05, 0.1) is 11.1 Å². The van der Waals surface area contributed by atoms with Crippen LogP contribution in [0.5, 0.6) is 0 Å². The van der Waals surface area contributed by atoms with Crippen LogP contribution >= 0.6 is 23.2 Å². The van der Waals surface area contributed by atoms with Crippen LogP contribution in [0.15, 0.2) is 47.6 Å². The monoisotopic (exact) mass is 324 g/mol. The van der Waals surface area contributed by atoms with E-state index >= 15 is 0 Å². The first-order valence-corrected chi connectivity index (χ1v) is 6.65. The van der Waals surface area contributed by atoms with E-state index in [0.29, 0.717) is 15.6 Å². The van der Waals surface area contributed by atoms with Crippen LogP contribution in [0.4, 0.5) is 5.69 Å². The second-order valence-corrected chi connectivity index (χ2v) is 4.94. The average molecular weight is 325 g/mol. The van der Waals surface area contributed by atoms with Gasteiger partial charge in [0.1, 0.15) is 6.61 Å². The highest BCUT2D eigenvalue weighted by atomic mass is 35.5. The van der Waals surface area contributed by atoms with Crippen molar-refractivity contribution in [3.05, 3.63) is 73.8 Å². The molecule has 0 atom stereocenters. The van der Waals surface area contributed by atoms with Crippen molar-refractivity contribution in [1.29, 1.82) is 0 Å². The van der Waals surface area contributed by atoms with Gasteiger partial charge in [-0.2, -0.15) is 0 Å². The summed E-state index contributed by atoms with van der Waals surface area (Å²) in [6.07, 6.45) is 1.40. The van der Waals surface area contributed by atoms with Crippen LogP contribution in [0.3, 0.4) is 0 Å². The van der Waals surface area contributed by atoms with E-state index in [0.717, 1.165) is 5.56 Å². The van der Waals surface area contributed by atoms with Crippen molar-refractivity contribution >= 4 is 35.1 Å². The number of hydrogen-bond donors (Lipinski definition) is 0. The Morgan fingerprint density at radius 1 is 1.24 bits per heavy atom. The van der Waals surface area contributed by atoms with Gasteiger partial charge < -0.3 is 4.84 Å². The minimum absolute atomic E-state index is 0.000282. The molecule has 0 aromatic heterocycles. The largest absolute Gasteiger partial charge is 0.391 e. The van der Waals surface area contributed by atoms with Crippen molar-refractivity contribution in [3.63, 3.8) is 0 Å². The molecule has 0 N–H and O–H groups in total. The summed E-state index contributed by atoms with van der Waals surface area (Å²) >= 11 is 11.8. The van der Waals surface area contributed by atoms with Gasteiger partial charge in [-0.05, 0) is 12.1 Å². The summed E-state index contributed by atoms with van der Waals surface area (Å²) < 4.78 is 0. The number of nitrogens with zero attached hydrogens (tertiary/aromatic N) is 2. The predicted octanol–water partition coefficient (Wildman–Crippen LogP) is 4.45. The maximum atomic E-state index is 10.6. The summed E-state index contributed by atoms with van der Waals surface area (Å²) in [4.78, 5) is 15.3. The van der Waals surface area contributed by atoms with Gasteiger partial charge in [0.15, 0.2) is 0 Å². The fraction of sp³-hybridized carbons (Fsp3) is 0.0714. The number of oxime groups is 1. The third-order valence-electron chi connectivity index (χ3n) is 2.59. The number of nitro benzene ring substituents is 1. The van der Waals surface area contributed by atoms with Crippen LogP contribution in [-0.4, -0.2) is 11.1 Å². The zero-order valence-corrected chi connectivity index (χ0v) is 12.2. The molecule has 0 spiro atoms. The van der Waals surface area contributed by atoms with Crippen LogP contribution in [0.1, 0.15) is 11.1 Å². The number of hydrogen-bond acceptors (Lipinski definition) is 4. The molecule has 0 amide bonds. The molecule has 21 heavy (non-hydrogen) atoms. The Morgan fingerprint density at radius 3 is 2.76 bits per heavy atom. The van der Waals surface area contributed by atoms with Gasteiger partial charge in [0, 0.05) is 33.3 Å². The second kappa shape index (κ2) is 7.06. The smallest absolute Gasteiger partial charge is 0.270 e. The van der Waals surface area contributed by atoms with E-state index in [1.54, 1.807) is 30.3 Å².